The quantitative estimate of drug-likeness (QED) is 0.576. The fourth-order valence-corrected chi connectivity index (χ4v) is 4.71. The Hall–Kier alpha value is -3.85. The molecule has 1 unspecified atom stereocenters. The number of ether oxygens (including phenoxy) is 2. The Kier molecular flexibility index (Phi) is 6.18. The zero-order valence-electron chi connectivity index (χ0n) is 17.9. The Morgan fingerprint density at radius 1 is 1.06 bits per heavy atom. The van der Waals surface area contributed by atoms with Crippen LogP contribution in [0.1, 0.15) is 12.0 Å². The van der Waals surface area contributed by atoms with Crippen molar-refractivity contribution in [3.8, 4) is 11.5 Å². The molecule has 3 aromatic rings. The molecule has 9 heteroatoms. The summed E-state index contributed by atoms with van der Waals surface area (Å²) in [5, 5.41) is 2.24. The summed E-state index contributed by atoms with van der Waals surface area (Å²) in [6, 6.07) is 20.6. The average molecular weight is 478 g/mol. The van der Waals surface area contributed by atoms with Crippen molar-refractivity contribution in [2.24, 2.45) is 4.99 Å². The standard InChI is InChI=1S/C25H20FN3O4S/c26-18-8-4-5-9-19(18)28-24(31)22-13-23(30)29(25(34-22)27-17-6-2-1-3-7-17)14-16-10-11-20-21(12-16)33-15-32-20/h1-12,22H,13-15H2,(H,28,31). The minimum atomic E-state index is -0.748. The van der Waals surface area contributed by atoms with Crippen molar-refractivity contribution in [3.63, 3.8) is 0 Å². The van der Waals surface area contributed by atoms with Gasteiger partial charge in [-0.25, -0.2) is 9.38 Å². The van der Waals surface area contributed by atoms with Crippen LogP contribution in [0.25, 0.3) is 0 Å². The lowest BCUT2D eigenvalue weighted by Gasteiger charge is -2.32. The second kappa shape index (κ2) is 9.56. The van der Waals surface area contributed by atoms with Gasteiger partial charge >= 0.3 is 0 Å². The van der Waals surface area contributed by atoms with Gasteiger partial charge in [-0.3, -0.25) is 14.5 Å². The monoisotopic (exact) mass is 477 g/mol. The van der Waals surface area contributed by atoms with Crippen LogP contribution in [0.2, 0.25) is 0 Å². The van der Waals surface area contributed by atoms with Crippen molar-refractivity contribution in [3.05, 3.63) is 84.2 Å². The smallest absolute Gasteiger partial charge is 0.238 e. The molecule has 0 aromatic heterocycles. The molecule has 3 aromatic carbocycles. The Morgan fingerprint density at radius 3 is 2.65 bits per heavy atom. The van der Waals surface area contributed by atoms with Crippen LogP contribution in [0.3, 0.4) is 0 Å². The number of carbonyl (C=O) groups is 2. The Balaban J connectivity index is 1.40. The van der Waals surface area contributed by atoms with E-state index in [1.165, 1.54) is 23.9 Å². The van der Waals surface area contributed by atoms with Crippen molar-refractivity contribution < 1.29 is 23.5 Å². The van der Waals surface area contributed by atoms with Gasteiger partial charge in [-0.2, -0.15) is 0 Å². The van der Waals surface area contributed by atoms with Gasteiger partial charge in [-0.1, -0.05) is 48.2 Å². The van der Waals surface area contributed by atoms with E-state index in [-0.39, 0.29) is 31.4 Å². The summed E-state index contributed by atoms with van der Waals surface area (Å²) < 4.78 is 24.8. The van der Waals surface area contributed by atoms with Gasteiger partial charge in [0, 0.05) is 6.42 Å². The number of para-hydroxylation sites is 2. The molecule has 1 N–H and O–H groups in total. The number of halogens is 1. The van der Waals surface area contributed by atoms with Crippen LogP contribution in [0.5, 0.6) is 11.5 Å². The minimum Gasteiger partial charge on any atom is -0.454 e. The number of aliphatic imine (C=N–C) groups is 1. The van der Waals surface area contributed by atoms with Gasteiger partial charge in [0.15, 0.2) is 16.7 Å². The van der Waals surface area contributed by atoms with E-state index in [1.807, 2.05) is 42.5 Å². The highest BCUT2D eigenvalue weighted by Crippen LogP contribution is 2.35. The zero-order chi connectivity index (χ0) is 23.5. The lowest BCUT2D eigenvalue weighted by atomic mass is 10.1. The van der Waals surface area contributed by atoms with Crippen molar-refractivity contribution in [2.75, 3.05) is 12.1 Å². The molecule has 7 nitrogen and oxygen atoms in total. The van der Waals surface area contributed by atoms with E-state index in [4.69, 9.17) is 9.47 Å². The van der Waals surface area contributed by atoms with Gasteiger partial charge in [-0.05, 0) is 42.0 Å². The number of nitrogens with one attached hydrogen (secondary N) is 1. The third-order valence-corrected chi connectivity index (χ3v) is 6.51. The number of fused-ring (bicyclic) bond motifs is 1. The second-order valence-corrected chi connectivity index (χ2v) is 8.85. The molecular formula is C25H20FN3O4S. The van der Waals surface area contributed by atoms with Crippen LogP contribution in [0, 0.1) is 5.82 Å². The molecule has 2 aliphatic heterocycles. The Morgan fingerprint density at radius 2 is 1.82 bits per heavy atom. The maximum absolute atomic E-state index is 14.0. The number of benzene rings is 3. The highest BCUT2D eigenvalue weighted by Gasteiger charge is 2.36. The Labute approximate surface area is 199 Å². The molecule has 0 saturated carbocycles. The normalized spacial score (nSPS) is 18.3. The molecule has 0 aliphatic carbocycles. The average Bonchev–Trinajstić information content (AvgIpc) is 3.31. The molecule has 1 atom stereocenters. The minimum absolute atomic E-state index is 0.0384. The van der Waals surface area contributed by atoms with E-state index >= 15 is 0 Å². The number of amidine groups is 1. The summed E-state index contributed by atoms with van der Waals surface area (Å²) in [6.07, 6.45) is -0.0384. The molecule has 172 valence electrons. The molecular weight excluding hydrogens is 457 g/mol. The summed E-state index contributed by atoms with van der Waals surface area (Å²) >= 11 is 1.18. The highest BCUT2D eigenvalue weighted by molar-refractivity contribution is 8.15. The van der Waals surface area contributed by atoms with Crippen LogP contribution >= 0.6 is 11.8 Å². The van der Waals surface area contributed by atoms with E-state index < -0.39 is 17.0 Å². The van der Waals surface area contributed by atoms with Gasteiger partial charge in [0.25, 0.3) is 0 Å². The maximum Gasteiger partial charge on any atom is 0.238 e. The largest absolute Gasteiger partial charge is 0.454 e. The highest BCUT2D eigenvalue weighted by atomic mass is 32.2. The van der Waals surface area contributed by atoms with Crippen molar-refractivity contribution in [2.45, 2.75) is 18.2 Å². The maximum atomic E-state index is 14.0. The van der Waals surface area contributed by atoms with Gasteiger partial charge in [0.1, 0.15) is 11.1 Å². The number of hydrogen-bond donors (Lipinski definition) is 1. The number of thioether (sulfide) groups is 1. The van der Waals surface area contributed by atoms with E-state index in [1.54, 1.807) is 23.1 Å². The van der Waals surface area contributed by atoms with Crippen molar-refractivity contribution >= 4 is 40.1 Å². The van der Waals surface area contributed by atoms with Crippen LogP contribution < -0.4 is 14.8 Å². The zero-order valence-corrected chi connectivity index (χ0v) is 18.8. The van der Waals surface area contributed by atoms with Gasteiger partial charge in [-0.15, -0.1) is 0 Å². The van der Waals surface area contributed by atoms with E-state index in [0.717, 1.165) is 5.56 Å². The third-order valence-electron chi connectivity index (χ3n) is 5.32. The molecule has 2 amide bonds. The van der Waals surface area contributed by atoms with Crippen molar-refractivity contribution in [1.29, 1.82) is 0 Å². The van der Waals surface area contributed by atoms with Crippen LogP contribution in [-0.4, -0.2) is 33.9 Å². The lowest BCUT2D eigenvalue weighted by Crippen LogP contribution is -2.44. The molecule has 1 fully saturated rings. The fourth-order valence-electron chi connectivity index (χ4n) is 3.61. The first-order valence-corrected chi connectivity index (χ1v) is 11.5. The van der Waals surface area contributed by atoms with Crippen molar-refractivity contribution in [1.82, 2.24) is 4.90 Å². The summed E-state index contributed by atoms with van der Waals surface area (Å²) in [5.41, 5.74) is 1.57. The summed E-state index contributed by atoms with van der Waals surface area (Å²) in [6.45, 7) is 0.423. The number of hydrogen-bond acceptors (Lipinski definition) is 6. The first kappa shape index (κ1) is 22.0. The summed E-state index contributed by atoms with van der Waals surface area (Å²) in [5.74, 6) is 0.0433. The van der Waals surface area contributed by atoms with Crippen LogP contribution in [-0.2, 0) is 16.1 Å². The Bertz CT molecular complexity index is 1270. The molecule has 0 spiro atoms. The molecule has 5 rings (SSSR count). The molecule has 0 bridgehead atoms. The van der Waals surface area contributed by atoms with E-state index in [0.29, 0.717) is 22.4 Å². The summed E-state index contributed by atoms with van der Waals surface area (Å²) in [4.78, 5) is 32.3. The number of carbonyl (C=O) groups excluding carboxylic acids is 2. The first-order valence-electron chi connectivity index (χ1n) is 10.6. The van der Waals surface area contributed by atoms with E-state index in [9.17, 15) is 14.0 Å². The number of anilines is 1. The predicted octanol–water partition coefficient (Wildman–Crippen LogP) is 4.71. The second-order valence-electron chi connectivity index (χ2n) is 7.68. The number of rotatable bonds is 5. The van der Waals surface area contributed by atoms with E-state index in [2.05, 4.69) is 10.3 Å². The van der Waals surface area contributed by atoms with Gasteiger partial charge < -0.3 is 14.8 Å². The molecule has 0 radical (unpaired) electrons. The topological polar surface area (TPSA) is 80.2 Å². The molecule has 2 aliphatic rings. The molecule has 34 heavy (non-hydrogen) atoms. The van der Waals surface area contributed by atoms with Crippen LogP contribution in [0.15, 0.2) is 77.8 Å². The van der Waals surface area contributed by atoms with Crippen LogP contribution in [0.4, 0.5) is 15.8 Å². The third kappa shape index (κ3) is 4.74. The fraction of sp³-hybridized carbons (Fsp3) is 0.160. The number of nitrogens with zero attached hydrogens (tertiary/aromatic N) is 2. The summed E-state index contributed by atoms with van der Waals surface area (Å²) in [7, 11) is 0. The molecule has 2 heterocycles. The lowest BCUT2D eigenvalue weighted by molar-refractivity contribution is -0.129. The first-order chi connectivity index (χ1) is 16.6. The molecule has 1 saturated heterocycles. The van der Waals surface area contributed by atoms with Gasteiger partial charge in [0.05, 0.1) is 17.9 Å². The predicted molar refractivity (Wildman–Crippen MR) is 128 cm³/mol. The van der Waals surface area contributed by atoms with Gasteiger partial charge in [0.2, 0.25) is 18.6 Å². The SMILES string of the molecule is O=C(Nc1ccccc1F)C1CC(=O)N(Cc2ccc3c(c2)OCO3)C(=Nc2ccccc2)S1. The number of amides is 2.